The Morgan fingerprint density at radius 3 is 2.32 bits per heavy atom. The highest BCUT2D eigenvalue weighted by Gasteiger charge is 2.13. The molecule has 0 aliphatic heterocycles. The molecule has 0 bridgehead atoms. The number of nitrogens with one attached hydrogen (secondary N) is 2. The van der Waals surface area contributed by atoms with Gasteiger partial charge in [-0.05, 0) is 31.2 Å². The smallest absolute Gasteiger partial charge is 0.274 e. The second kappa shape index (κ2) is 7.51. The van der Waals surface area contributed by atoms with E-state index in [1.165, 1.54) is 0 Å². The summed E-state index contributed by atoms with van der Waals surface area (Å²) < 4.78 is 0. The van der Waals surface area contributed by atoms with E-state index in [-0.39, 0.29) is 11.6 Å². The van der Waals surface area contributed by atoms with Gasteiger partial charge < -0.3 is 10.6 Å². The lowest BCUT2D eigenvalue weighted by atomic mass is 10.3. The van der Waals surface area contributed by atoms with Gasteiger partial charge in [-0.25, -0.2) is 9.97 Å². The highest BCUT2D eigenvalue weighted by Crippen LogP contribution is 2.32. The Hall–Kier alpha value is -2.63. The second-order valence-electron chi connectivity index (χ2n) is 5.23. The van der Waals surface area contributed by atoms with E-state index in [0.29, 0.717) is 33.1 Å². The summed E-state index contributed by atoms with van der Waals surface area (Å²) in [6, 6.07) is 15.9. The van der Waals surface area contributed by atoms with Crippen LogP contribution in [0.3, 0.4) is 0 Å². The zero-order valence-corrected chi connectivity index (χ0v) is 14.8. The first-order valence-electron chi connectivity index (χ1n) is 7.46. The maximum atomic E-state index is 12.4. The number of rotatable bonds is 4. The van der Waals surface area contributed by atoms with E-state index >= 15 is 0 Å². The number of carbonyl (C=O) groups is 1. The lowest BCUT2D eigenvalue weighted by Crippen LogP contribution is -2.15. The molecule has 0 aliphatic carbocycles. The average molecular weight is 373 g/mol. The van der Waals surface area contributed by atoms with Crippen molar-refractivity contribution in [1.29, 1.82) is 0 Å². The van der Waals surface area contributed by atoms with Gasteiger partial charge in [-0.15, -0.1) is 0 Å². The van der Waals surface area contributed by atoms with E-state index in [4.69, 9.17) is 23.2 Å². The Morgan fingerprint density at radius 1 is 0.960 bits per heavy atom. The standard InChI is InChI=1S/C18H14Cl2N4O/c1-11-21-15(18(25)23-12-6-3-2-4-7-12)10-16(22-11)24-17-13(19)8-5-9-14(17)20/h2-10H,1H3,(H,23,25)(H,21,22,24). The van der Waals surface area contributed by atoms with Crippen molar-refractivity contribution in [2.45, 2.75) is 6.92 Å². The first kappa shape index (κ1) is 17.2. The Bertz CT molecular complexity index is 896. The van der Waals surface area contributed by atoms with Crippen molar-refractivity contribution in [2.75, 3.05) is 10.6 Å². The second-order valence-corrected chi connectivity index (χ2v) is 6.04. The van der Waals surface area contributed by atoms with E-state index in [0.717, 1.165) is 0 Å². The molecule has 126 valence electrons. The van der Waals surface area contributed by atoms with Crippen molar-refractivity contribution in [3.63, 3.8) is 0 Å². The molecule has 1 heterocycles. The van der Waals surface area contributed by atoms with Gasteiger partial charge in [0.2, 0.25) is 0 Å². The van der Waals surface area contributed by atoms with Gasteiger partial charge in [0.1, 0.15) is 17.3 Å². The zero-order chi connectivity index (χ0) is 17.8. The maximum absolute atomic E-state index is 12.4. The number of nitrogens with zero attached hydrogens (tertiary/aromatic N) is 2. The minimum Gasteiger partial charge on any atom is -0.338 e. The molecule has 0 radical (unpaired) electrons. The summed E-state index contributed by atoms with van der Waals surface area (Å²) in [5.74, 6) is 0.553. The van der Waals surface area contributed by atoms with Gasteiger partial charge in [0.25, 0.3) is 5.91 Å². The summed E-state index contributed by atoms with van der Waals surface area (Å²) in [4.78, 5) is 20.9. The summed E-state index contributed by atoms with van der Waals surface area (Å²) in [7, 11) is 0. The Morgan fingerprint density at radius 2 is 1.64 bits per heavy atom. The van der Waals surface area contributed by atoms with Crippen molar-refractivity contribution < 1.29 is 4.79 Å². The summed E-state index contributed by atoms with van der Waals surface area (Å²) in [6.45, 7) is 1.71. The highest BCUT2D eigenvalue weighted by molar-refractivity contribution is 6.39. The van der Waals surface area contributed by atoms with E-state index in [1.54, 1.807) is 43.3 Å². The molecule has 0 aliphatic rings. The lowest BCUT2D eigenvalue weighted by molar-refractivity contribution is 0.102. The molecular weight excluding hydrogens is 359 g/mol. The summed E-state index contributed by atoms with van der Waals surface area (Å²) >= 11 is 12.3. The normalized spacial score (nSPS) is 10.4. The molecule has 5 nitrogen and oxygen atoms in total. The third kappa shape index (κ3) is 4.26. The molecule has 2 N–H and O–H groups in total. The predicted octanol–water partition coefficient (Wildman–Crippen LogP) is 5.09. The lowest BCUT2D eigenvalue weighted by Gasteiger charge is -2.11. The minimum absolute atomic E-state index is 0.238. The van der Waals surface area contributed by atoms with E-state index in [9.17, 15) is 4.79 Å². The average Bonchev–Trinajstić information content (AvgIpc) is 2.59. The fourth-order valence-electron chi connectivity index (χ4n) is 2.21. The molecule has 2 aromatic carbocycles. The molecule has 0 atom stereocenters. The number of amides is 1. The number of aryl methyl sites for hydroxylation is 1. The van der Waals surface area contributed by atoms with Crippen LogP contribution in [0.15, 0.2) is 54.6 Å². The highest BCUT2D eigenvalue weighted by atomic mass is 35.5. The fourth-order valence-corrected chi connectivity index (χ4v) is 2.70. The molecule has 0 saturated carbocycles. The predicted molar refractivity (Wildman–Crippen MR) is 101 cm³/mol. The third-order valence-electron chi connectivity index (χ3n) is 3.32. The Labute approximate surface area is 155 Å². The van der Waals surface area contributed by atoms with Crippen LogP contribution in [-0.2, 0) is 0 Å². The minimum atomic E-state index is -0.329. The largest absolute Gasteiger partial charge is 0.338 e. The van der Waals surface area contributed by atoms with Gasteiger partial charge in [-0.3, -0.25) is 4.79 Å². The van der Waals surface area contributed by atoms with Crippen LogP contribution in [0, 0.1) is 6.92 Å². The molecule has 1 amide bonds. The summed E-state index contributed by atoms with van der Waals surface area (Å²) in [5, 5.41) is 6.75. The molecule has 1 aromatic heterocycles. The van der Waals surface area contributed by atoms with Crippen molar-refractivity contribution >= 4 is 46.3 Å². The molecule has 0 spiro atoms. The SMILES string of the molecule is Cc1nc(Nc2c(Cl)cccc2Cl)cc(C(=O)Nc2ccccc2)n1. The molecule has 7 heteroatoms. The van der Waals surface area contributed by atoms with Gasteiger partial charge in [-0.1, -0.05) is 47.5 Å². The quantitative estimate of drug-likeness (QED) is 0.669. The molecule has 0 saturated heterocycles. The molecule has 0 unspecified atom stereocenters. The Balaban J connectivity index is 1.87. The number of para-hydroxylation sites is 2. The van der Waals surface area contributed by atoms with Crippen LogP contribution in [0.1, 0.15) is 16.3 Å². The summed E-state index contributed by atoms with van der Waals surface area (Å²) in [6.07, 6.45) is 0. The number of carbonyl (C=O) groups excluding carboxylic acids is 1. The molecular formula is C18H14Cl2N4O. The fraction of sp³-hybridized carbons (Fsp3) is 0.0556. The number of halogens is 2. The van der Waals surface area contributed by atoms with E-state index < -0.39 is 0 Å². The van der Waals surface area contributed by atoms with Crippen LogP contribution in [0.25, 0.3) is 0 Å². The van der Waals surface area contributed by atoms with Gasteiger partial charge in [-0.2, -0.15) is 0 Å². The summed E-state index contributed by atoms with van der Waals surface area (Å²) in [5.41, 5.74) is 1.45. The zero-order valence-electron chi connectivity index (χ0n) is 13.3. The van der Waals surface area contributed by atoms with Crippen molar-refractivity contribution in [3.05, 3.63) is 76.2 Å². The van der Waals surface area contributed by atoms with E-state index in [2.05, 4.69) is 20.6 Å². The molecule has 3 rings (SSSR count). The van der Waals surface area contributed by atoms with Crippen LogP contribution in [0.5, 0.6) is 0 Å². The molecule has 0 fully saturated rings. The topological polar surface area (TPSA) is 66.9 Å². The van der Waals surface area contributed by atoms with Gasteiger partial charge >= 0.3 is 0 Å². The van der Waals surface area contributed by atoms with Gasteiger partial charge in [0.15, 0.2) is 0 Å². The van der Waals surface area contributed by atoms with E-state index in [1.807, 2.05) is 18.2 Å². The molecule has 3 aromatic rings. The first-order chi connectivity index (χ1) is 12.0. The third-order valence-corrected chi connectivity index (χ3v) is 3.95. The van der Waals surface area contributed by atoms with Crippen LogP contribution >= 0.6 is 23.2 Å². The van der Waals surface area contributed by atoms with Crippen molar-refractivity contribution in [2.24, 2.45) is 0 Å². The monoisotopic (exact) mass is 372 g/mol. The van der Waals surface area contributed by atoms with Crippen LogP contribution in [-0.4, -0.2) is 15.9 Å². The number of aromatic nitrogens is 2. The van der Waals surface area contributed by atoms with Gasteiger partial charge in [0, 0.05) is 11.8 Å². The number of hydrogen-bond donors (Lipinski definition) is 2. The van der Waals surface area contributed by atoms with Crippen LogP contribution in [0.2, 0.25) is 10.0 Å². The van der Waals surface area contributed by atoms with Crippen molar-refractivity contribution in [3.8, 4) is 0 Å². The Kier molecular flexibility index (Phi) is 5.16. The van der Waals surface area contributed by atoms with Crippen LogP contribution in [0.4, 0.5) is 17.2 Å². The number of anilines is 3. The first-order valence-corrected chi connectivity index (χ1v) is 8.21. The van der Waals surface area contributed by atoms with Crippen molar-refractivity contribution in [1.82, 2.24) is 9.97 Å². The maximum Gasteiger partial charge on any atom is 0.274 e. The molecule has 25 heavy (non-hydrogen) atoms. The van der Waals surface area contributed by atoms with Crippen LogP contribution < -0.4 is 10.6 Å². The van der Waals surface area contributed by atoms with Gasteiger partial charge in [0.05, 0.1) is 15.7 Å². The number of hydrogen-bond acceptors (Lipinski definition) is 4. The number of benzene rings is 2.